The fraction of sp³-hybridized carbons (Fsp3) is 0.125. The number of hydrogen-bond acceptors (Lipinski definition) is 4. The molecule has 0 unspecified atom stereocenters. The summed E-state index contributed by atoms with van der Waals surface area (Å²) in [5, 5.41) is 3.75. The normalized spacial score (nSPS) is 10.8. The van der Waals surface area contributed by atoms with Crippen molar-refractivity contribution in [2.45, 2.75) is 13.8 Å². The number of nitrogen functional groups attached to an aromatic ring is 1. The molecule has 0 amide bonds. The van der Waals surface area contributed by atoms with Crippen LogP contribution in [0.3, 0.4) is 0 Å². The molecule has 3 aromatic rings. The quantitative estimate of drug-likeness (QED) is 0.630. The van der Waals surface area contributed by atoms with Gasteiger partial charge in [-0.2, -0.15) is 0 Å². The number of rotatable bonds is 2. The van der Waals surface area contributed by atoms with Crippen LogP contribution in [0.5, 0.6) is 0 Å². The summed E-state index contributed by atoms with van der Waals surface area (Å²) >= 11 is 0. The predicted octanol–water partition coefficient (Wildman–Crippen LogP) is 2.87. The minimum absolute atomic E-state index is 0.209. The zero-order valence-corrected chi connectivity index (χ0v) is 11.9. The second-order valence-electron chi connectivity index (χ2n) is 5.16. The SMILES string of the molecule is Cc1cc(C)cc(Nc2ccc(N)c3nc[nH]c(=O)c23)c1. The van der Waals surface area contributed by atoms with E-state index in [1.54, 1.807) is 12.1 Å². The van der Waals surface area contributed by atoms with Gasteiger partial charge in [-0.25, -0.2) is 4.98 Å². The molecular weight excluding hydrogens is 264 g/mol. The number of fused-ring (bicyclic) bond motifs is 1. The highest BCUT2D eigenvalue weighted by atomic mass is 16.1. The zero-order chi connectivity index (χ0) is 15.0. The lowest BCUT2D eigenvalue weighted by molar-refractivity contribution is 1.17. The lowest BCUT2D eigenvalue weighted by atomic mass is 10.1. The molecule has 3 rings (SSSR count). The molecule has 1 heterocycles. The molecule has 0 aliphatic carbocycles. The molecule has 0 spiro atoms. The van der Waals surface area contributed by atoms with Crippen LogP contribution in [0.25, 0.3) is 10.9 Å². The summed E-state index contributed by atoms with van der Waals surface area (Å²) in [6.45, 7) is 4.07. The maximum atomic E-state index is 12.1. The zero-order valence-electron chi connectivity index (χ0n) is 11.9. The van der Waals surface area contributed by atoms with Gasteiger partial charge >= 0.3 is 0 Å². The summed E-state index contributed by atoms with van der Waals surface area (Å²) in [6, 6.07) is 9.70. The first-order valence-electron chi connectivity index (χ1n) is 6.66. The summed E-state index contributed by atoms with van der Waals surface area (Å²) in [7, 11) is 0. The highest BCUT2D eigenvalue weighted by molar-refractivity contribution is 5.98. The number of hydrogen-bond donors (Lipinski definition) is 3. The molecule has 0 saturated heterocycles. The lowest BCUT2D eigenvalue weighted by Gasteiger charge is -2.11. The summed E-state index contributed by atoms with van der Waals surface area (Å²) in [6.07, 6.45) is 1.36. The molecule has 0 radical (unpaired) electrons. The fourth-order valence-corrected chi connectivity index (χ4v) is 2.51. The number of aromatic nitrogens is 2. The molecule has 1 aromatic heterocycles. The summed E-state index contributed by atoms with van der Waals surface area (Å²) in [4.78, 5) is 18.8. The average molecular weight is 280 g/mol. The van der Waals surface area contributed by atoms with Crippen molar-refractivity contribution >= 4 is 28.0 Å². The average Bonchev–Trinajstić information content (AvgIpc) is 2.41. The van der Waals surface area contributed by atoms with E-state index < -0.39 is 0 Å². The predicted molar refractivity (Wildman–Crippen MR) is 86.0 cm³/mol. The van der Waals surface area contributed by atoms with Crippen molar-refractivity contribution in [1.29, 1.82) is 0 Å². The Kier molecular flexibility index (Phi) is 3.10. The van der Waals surface area contributed by atoms with E-state index in [4.69, 9.17) is 5.73 Å². The van der Waals surface area contributed by atoms with Gasteiger partial charge in [0.15, 0.2) is 0 Å². The highest BCUT2D eigenvalue weighted by Crippen LogP contribution is 2.27. The smallest absolute Gasteiger partial charge is 0.260 e. The van der Waals surface area contributed by atoms with Gasteiger partial charge in [0.2, 0.25) is 0 Å². The maximum absolute atomic E-state index is 12.1. The molecule has 5 nitrogen and oxygen atoms in total. The van der Waals surface area contributed by atoms with Crippen molar-refractivity contribution < 1.29 is 0 Å². The van der Waals surface area contributed by atoms with Gasteiger partial charge in [-0.3, -0.25) is 4.79 Å². The minimum atomic E-state index is -0.209. The van der Waals surface area contributed by atoms with Gasteiger partial charge < -0.3 is 16.0 Å². The Hall–Kier alpha value is -2.82. The largest absolute Gasteiger partial charge is 0.397 e. The molecule has 0 bridgehead atoms. The van der Waals surface area contributed by atoms with E-state index in [0.29, 0.717) is 22.3 Å². The van der Waals surface area contributed by atoms with Gasteiger partial charge in [0.25, 0.3) is 5.56 Å². The summed E-state index contributed by atoms with van der Waals surface area (Å²) in [5.74, 6) is 0. The van der Waals surface area contributed by atoms with E-state index in [1.807, 2.05) is 26.0 Å². The van der Waals surface area contributed by atoms with E-state index in [0.717, 1.165) is 16.8 Å². The number of nitrogens with zero attached hydrogens (tertiary/aromatic N) is 1. The molecule has 0 fully saturated rings. The Labute approximate surface area is 121 Å². The first kappa shape index (κ1) is 13.2. The number of nitrogens with two attached hydrogens (primary N) is 1. The molecule has 2 aromatic carbocycles. The van der Waals surface area contributed by atoms with E-state index in [-0.39, 0.29) is 5.56 Å². The lowest BCUT2D eigenvalue weighted by Crippen LogP contribution is -2.10. The van der Waals surface area contributed by atoms with E-state index >= 15 is 0 Å². The van der Waals surface area contributed by atoms with Gasteiger partial charge in [0.1, 0.15) is 5.52 Å². The number of anilines is 3. The van der Waals surface area contributed by atoms with Crippen molar-refractivity contribution in [3.63, 3.8) is 0 Å². The first-order chi connectivity index (χ1) is 10.0. The molecule has 4 N–H and O–H groups in total. The van der Waals surface area contributed by atoms with Crippen LogP contribution in [0.15, 0.2) is 41.5 Å². The van der Waals surface area contributed by atoms with Gasteiger partial charge in [0.05, 0.1) is 23.1 Å². The molecule has 5 heteroatoms. The van der Waals surface area contributed by atoms with E-state index in [9.17, 15) is 4.79 Å². The number of nitrogens with one attached hydrogen (secondary N) is 2. The van der Waals surface area contributed by atoms with E-state index in [1.165, 1.54) is 6.33 Å². The van der Waals surface area contributed by atoms with Crippen LogP contribution in [0, 0.1) is 13.8 Å². The molecule has 106 valence electrons. The molecule has 0 aliphatic heterocycles. The van der Waals surface area contributed by atoms with E-state index in [2.05, 4.69) is 21.4 Å². The second kappa shape index (κ2) is 4.94. The van der Waals surface area contributed by atoms with Crippen LogP contribution in [-0.2, 0) is 0 Å². The summed E-state index contributed by atoms with van der Waals surface area (Å²) < 4.78 is 0. The third-order valence-electron chi connectivity index (χ3n) is 3.33. The van der Waals surface area contributed by atoms with Crippen LogP contribution in [0.4, 0.5) is 17.1 Å². The standard InChI is InChI=1S/C16H16N4O/c1-9-5-10(2)7-11(6-9)20-13-4-3-12(17)15-14(13)16(21)19-8-18-15/h3-8,20H,17H2,1-2H3,(H,18,19,21). The number of aryl methyl sites for hydroxylation is 2. The Balaban J connectivity index is 2.17. The van der Waals surface area contributed by atoms with Crippen LogP contribution < -0.4 is 16.6 Å². The van der Waals surface area contributed by atoms with Crippen molar-refractivity contribution in [1.82, 2.24) is 9.97 Å². The van der Waals surface area contributed by atoms with Crippen LogP contribution in [0.2, 0.25) is 0 Å². The number of H-pyrrole nitrogens is 1. The first-order valence-corrected chi connectivity index (χ1v) is 6.66. The Bertz CT molecular complexity index is 863. The highest BCUT2D eigenvalue weighted by Gasteiger charge is 2.09. The molecule has 21 heavy (non-hydrogen) atoms. The van der Waals surface area contributed by atoms with Gasteiger partial charge in [0, 0.05) is 5.69 Å². The van der Waals surface area contributed by atoms with Crippen LogP contribution >= 0.6 is 0 Å². The van der Waals surface area contributed by atoms with Crippen molar-refractivity contribution in [2.24, 2.45) is 0 Å². The number of benzene rings is 2. The van der Waals surface area contributed by atoms with Crippen LogP contribution in [-0.4, -0.2) is 9.97 Å². The van der Waals surface area contributed by atoms with Gasteiger partial charge in [-0.05, 0) is 49.2 Å². The van der Waals surface area contributed by atoms with Gasteiger partial charge in [-0.1, -0.05) is 6.07 Å². The third-order valence-corrected chi connectivity index (χ3v) is 3.33. The van der Waals surface area contributed by atoms with Crippen molar-refractivity contribution in [2.75, 3.05) is 11.1 Å². The van der Waals surface area contributed by atoms with Crippen molar-refractivity contribution in [3.8, 4) is 0 Å². The molecule has 0 saturated carbocycles. The molecule has 0 aliphatic rings. The van der Waals surface area contributed by atoms with Crippen molar-refractivity contribution in [3.05, 3.63) is 58.1 Å². The molecular formula is C16H16N4O. The van der Waals surface area contributed by atoms with Gasteiger partial charge in [-0.15, -0.1) is 0 Å². The van der Waals surface area contributed by atoms with Crippen LogP contribution in [0.1, 0.15) is 11.1 Å². The Morgan fingerprint density at radius 3 is 2.57 bits per heavy atom. The maximum Gasteiger partial charge on any atom is 0.260 e. The number of aromatic amines is 1. The molecule has 0 atom stereocenters. The minimum Gasteiger partial charge on any atom is -0.397 e. The second-order valence-corrected chi connectivity index (χ2v) is 5.16. The fourth-order valence-electron chi connectivity index (χ4n) is 2.51. The summed E-state index contributed by atoms with van der Waals surface area (Å²) in [5.41, 5.74) is 10.6. The Morgan fingerprint density at radius 1 is 1.14 bits per heavy atom. The monoisotopic (exact) mass is 280 g/mol. The third kappa shape index (κ3) is 2.45. The topological polar surface area (TPSA) is 83.8 Å². The Morgan fingerprint density at radius 2 is 1.86 bits per heavy atom.